The zero-order valence-corrected chi connectivity index (χ0v) is 8.66. The van der Waals surface area contributed by atoms with E-state index in [2.05, 4.69) is 15.0 Å². The molecule has 0 aromatic heterocycles. The van der Waals surface area contributed by atoms with E-state index in [-0.39, 0.29) is 5.56 Å². The van der Waals surface area contributed by atoms with Crippen molar-refractivity contribution in [3.63, 3.8) is 0 Å². The van der Waals surface area contributed by atoms with Crippen LogP contribution in [-0.4, -0.2) is 15.0 Å². The molecule has 3 heterocycles. The van der Waals surface area contributed by atoms with Crippen molar-refractivity contribution >= 4 is 28.4 Å². The summed E-state index contributed by atoms with van der Waals surface area (Å²) in [5.74, 6) is 0.738. The molecular formula is C12H6N4O. The standard InChI is InChI=1S/C12H6N4O/c17-11-10-14-8-4-2-1-3-7(8)9-5-6-13-12(15-11)16(9)10/h1-6H. The molecule has 80 valence electrons. The van der Waals surface area contributed by atoms with E-state index in [0.717, 1.165) is 16.6 Å². The van der Waals surface area contributed by atoms with Crippen molar-refractivity contribution in [2.45, 2.75) is 0 Å². The molecule has 0 saturated carbocycles. The number of para-hydroxylation sites is 1. The van der Waals surface area contributed by atoms with Gasteiger partial charge in [0.15, 0.2) is 0 Å². The van der Waals surface area contributed by atoms with Gasteiger partial charge in [0, 0.05) is 11.6 Å². The van der Waals surface area contributed by atoms with Gasteiger partial charge in [-0.15, -0.1) is 0 Å². The minimum atomic E-state index is -0.334. The van der Waals surface area contributed by atoms with Crippen molar-refractivity contribution in [2.24, 2.45) is 0 Å². The Morgan fingerprint density at radius 3 is 2.88 bits per heavy atom. The fraction of sp³-hybridized carbons (Fsp3) is 0. The molecule has 0 aliphatic carbocycles. The van der Waals surface area contributed by atoms with Gasteiger partial charge >= 0.3 is 5.56 Å². The fourth-order valence-corrected chi connectivity index (χ4v) is 2.15. The molecule has 17 heavy (non-hydrogen) atoms. The third-order valence-electron chi connectivity index (χ3n) is 2.87. The lowest BCUT2D eigenvalue weighted by Gasteiger charge is -2.21. The van der Waals surface area contributed by atoms with Crippen LogP contribution in [0, 0.1) is 0 Å². The van der Waals surface area contributed by atoms with Crippen molar-refractivity contribution in [3.05, 3.63) is 46.9 Å². The van der Waals surface area contributed by atoms with Crippen LogP contribution in [0.5, 0.6) is 0 Å². The summed E-state index contributed by atoms with van der Waals surface area (Å²) < 4.78 is 0. The molecule has 0 fully saturated rings. The minimum absolute atomic E-state index is 0.334. The molecule has 0 saturated heterocycles. The Kier molecular flexibility index (Phi) is 1.39. The van der Waals surface area contributed by atoms with Gasteiger partial charge in [0.05, 0.1) is 11.2 Å². The molecule has 5 heteroatoms. The van der Waals surface area contributed by atoms with Crippen LogP contribution in [0.2, 0.25) is 0 Å². The summed E-state index contributed by atoms with van der Waals surface area (Å²) in [6, 6.07) is 9.57. The summed E-state index contributed by atoms with van der Waals surface area (Å²) in [6.07, 6.45) is 1.66. The maximum Gasteiger partial charge on any atom is 0.316 e. The summed E-state index contributed by atoms with van der Waals surface area (Å²) in [6.45, 7) is 0. The first-order valence-corrected chi connectivity index (χ1v) is 5.20. The highest BCUT2D eigenvalue weighted by atomic mass is 16.1. The third-order valence-corrected chi connectivity index (χ3v) is 2.87. The molecule has 1 aromatic carbocycles. The normalized spacial score (nSPS) is 12.8. The average molecular weight is 222 g/mol. The molecule has 4 rings (SSSR count). The largest absolute Gasteiger partial charge is 0.316 e. The first kappa shape index (κ1) is 8.58. The number of hydrogen-bond acceptors (Lipinski definition) is 5. The molecule has 1 aromatic rings. The van der Waals surface area contributed by atoms with Crippen molar-refractivity contribution in [1.82, 2.24) is 15.0 Å². The monoisotopic (exact) mass is 222 g/mol. The van der Waals surface area contributed by atoms with Crippen molar-refractivity contribution < 1.29 is 0 Å². The molecule has 0 radical (unpaired) electrons. The molecule has 0 N–H and O–H groups in total. The van der Waals surface area contributed by atoms with Crippen molar-refractivity contribution in [1.29, 1.82) is 0 Å². The molecule has 5 nitrogen and oxygen atoms in total. The number of anilines is 3. The highest BCUT2D eigenvalue weighted by Crippen LogP contribution is 2.37. The summed E-state index contributed by atoms with van der Waals surface area (Å²) in [4.78, 5) is 25.7. The molecule has 3 aliphatic heterocycles. The third kappa shape index (κ3) is 0.977. The van der Waals surface area contributed by atoms with Crippen LogP contribution in [0.15, 0.2) is 41.3 Å². The fourth-order valence-electron chi connectivity index (χ4n) is 2.15. The van der Waals surface area contributed by atoms with Gasteiger partial charge in [-0.1, -0.05) is 18.2 Å². The second-order valence-corrected chi connectivity index (χ2v) is 3.84. The SMILES string of the molecule is O=c1nc2nccc3c4ccccc4nc1N23. The number of nitrogens with zero attached hydrogens (tertiary/aromatic N) is 4. The second-order valence-electron chi connectivity index (χ2n) is 3.84. The van der Waals surface area contributed by atoms with Gasteiger partial charge in [-0.3, -0.25) is 9.69 Å². The van der Waals surface area contributed by atoms with E-state index in [1.54, 1.807) is 11.1 Å². The quantitative estimate of drug-likeness (QED) is 0.452. The van der Waals surface area contributed by atoms with E-state index < -0.39 is 0 Å². The molecular weight excluding hydrogens is 216 g/mol. The van der Waals surface area contributed by atoms with E-state index >= 15 is 0 Å². The summed E-state index contributed by atoms with van der Waals surface area (Å²) in [5, 5.41) is 0.991. The van der Waals surface area contributed by atoms with Gasteiger partial charge in [0.2, 0.25) is 11.8 Å². The first-order chi connectivity index (χ1) is 8.34. The van der Waals surface area contributed by atoms with E-state index in [9.17, 15) is 4.79 Å². The zero-order valence-electron chi connectivity index (χ0n) is 8.66. The Balaban J connectivity index is 2.30. The Morgan fingerprint density at radius 1 is 1.06 bits per heavy atom. The molecule has 0 amide bonds. The Morgan fingerprint density at radius 2 is 1.94 bits per heavy atom. The summed E-state index contributed by atoms with van der Waals surface area (Å²) in [7, 11) is 0. The van der Waals surface area contributed by atoms with E-state index in [1.807, 2.05) is 30.3 Å². The molecule has 0 unspecified atom stereocenters. The van der Waals surface area contributed by atoms with Crippen LogP contribution in [-0.2, 0) is 0 Å². The molecule has 0 atom stereocenters. The van der Waals surface area contributed by atoms with Gasteiger partial charge in [0.25, 0.3) is 0 Å². The molecule has 3 aliphatic rings. The zero-order chi connectivity index (χ0) is 11.4. The maximum absolute atomic E-state index is 11.7. The molecule has 0 spiro atoms. The predicted molar refractivity (Wildman–Crippen MR) is 63.0 cm³/mol. The number of hydrogen-bond donors (Lipinski definition) is 0. The van der Waals surface area contributed by atoms with Crippen LogP contribution in [0.1, 0.15) is 0 Å². The van der Waals surface area contributed by atoms with Crippen LogP contribution in [0.4, 0.5) is 17.5 Å². The number of rotatable bonds is 0. The van der Waals surface area contributed by atoms with Crippen LogP contribution in [0.3, 0.4) is 0 Å². The lowest BCUT2D eigenvalue weighted by atomic mass is 10.1. The lowest BCUT2D eigenvalue weighted by molar-refractivity contribution is 1.11. The van der Waals surface area contributed by atoms with Crippen LogP contribution >= 0.6 is 0 Å². The number of aromatic nitrogens is 3. The first-order valence-electron chi connectivity index (χ1n) is 5.20. The summed E-state index contributed by atoms with van der Waals surface area (Å²) in [5.41, 5.74) is 1.37. The maximum atomic E-state index is 11.7. The minimum Gasteiger partial charge on any atom is -0.263 e. The highest BCUT2D eigenvalue weighted by molar-refractivity contribution is 5.98. The number of benzene rings is 1. The second kappa shape index (κ2) is 2.76. The molecule has 0 bridgehead atoms. The smallest absolute Gasteiger partial charge is 0.263 e. The van der Waals surface area contributed by atoms with Crippen LogP contribution < -0.4 is 10.5 Å². The van der Waals surface area contributed by atoms with E-state index in [4.69, 9.17) is 0 Å². The number of fused-ring (bicyclic) bond motifs is 2. The Labute approximate surface area is 95.7 Å². The summed E-state index contributed by atoms with van der Waals surface area (Å²) >= 11 is 0. The predicted octanol–water partition coefficient (Wildman–Crippen LogP) is 1.61. The van der Waals surface area contributed by atoms with E-state index in [1.165, 1.54) is 0 Å². The van der Waals surface area contributed by atoms with Crippen molar-refractivity contribution in [3.8, 4) is 0 Å². The van der Waals surface area contributed by atoms with Gasteiger partial charge in [-0.25, -0.2) is 9.97 Å². The van der Waals surface area contributed by atoms with Gasteiger partial charge in [0.1, 0.15) is 0 Å². The van der Waals surface area contributed by atoms with Gasteiger partial charge in [-0.2, -0.15) is 4.98 Å². The van der Waals surface area contributed by atoms with Gasteiger partial charge in [-0.05, 0) is 12.1 Å². The highest BCUT2D eigenvalue weighted by Gasteiger charge is 2.28. The topological polar surface area (TPSA) is 59.0 Å². The van der Waals surface area contributed by atoms with Crippen LogP contribution in [0.25, 0.3) is 10.9 Å². The van der Waals surface area contributed by atoms with E-state index in [0.29, 0.717) is 11.8 Å². The average Bonchev–Trinajstić information content (AvgIpc) is 2.68. The Hall–Kier alpha value is -2.56. The Bertz CT molecular complexity index is 786. The lowest BCUT2D eigenvalue weighted by Crippen LogP contribution is -2.16. The van der Waals surface area contributed by atoms with Gasteiger partial charge < -0.3 is 0 Å². The van der Waals surface area contributed by atoms with Crippen molar-refractivity contribution in [2.75, 3.05) is 4.90 Å².